The molecule has 1 saturated heterocycles. The van der Waals surface area contributed by atoms with E-state index in [-0.39, 0.29) is 12.0 Å². The zero-order chi connectivity index (χ0) is 24.2. The average Bonchev–Trinajstić information content (AvgIpc) is 2.77. The van der Waals surface area contributed by atoms with E-state index < -0.39 is 15.7 Å². The molecule has 0 saturated carbocycles. The summed E-state index contributed by atoms with van der Waals surface area (Å²) in [6, 6.07) is 7.00. The number of nitrogens with zero attached hydrogens (tertiary/aromatic N) is 2. The van der Waals surface area contributed by atoms with Crippen molar-refractivity contribution in [2.75, 3.05) is 30.3 Å². The molecule has 0 aliphatic carbocycles. The van der Waals surface area contributed by atoms with Crippen LogP contribution in [0.4, 0.5) is 11.5 Å². The highest BCUT2D eigenvalue weighted by molar-refractivity contribution is 7.84. The molecule has 180 valence electrons. The van der Waals surface area contributed by atoms with Gasteiger partial charge in [0.25, 0.3) is 0 Å². The van der Waals surface area contributed by atoms with Gasteiger partial charge in [0.15, 0.2) is 0 Å². The Balaban J connectivity index is 1.90. The monoisotopic (exact) mass is 510 g/mol. The van der Waals surface area contributed by atoms with Crippen molar-refractivity contribution in [1.29, 1.82) is 0 Å². The Morgan fingerprint density at radius 2 is 1.97 bits per heavy atom. The molecule has 0 bridgehead atoms. The number of hydrogen-bond acceptors (Lipinski definition) is 5. The third-order valence-electron chi connectivity index (χ3n) is 5.64. The number of ether oxygens (including phenoxy) is 1. The van der Waals surface area contributed by atoms with Gasteiger partial charge in [-0.1, -0.05) is 35.9 Å². The lowest BCUT2D eigenvalue weighted by molar-refractivity contribution is 0.309. The smallest absolute Gasteiger partial charge is 0.130 e. The second kappa shape index (κ2) is 11.1. The van der Waals surface area contributed by atoms with Crippen molar-refractivity contribution in [1.82, 2.24) is 9.71 Å². The normalized spacial score (nSPS) is 16.9. The van der Waals surface area contributed by atoms with E-state index in [1.165, 1.54) is 0 Å². The van der Waals surface area contributed by atoms with E-state index in [1.54, 1.807) is 24.4 Å². The van der Waals surface area contributed by atoms with E-state index in [2.05, 4.69) is 21.2 Å². The fourth-order valence-electron chi connectivity index (χ4n) is 3.84. The summed E-state index contributed by atoms with van der Waals surface area (Å²) >= 11 is 12.7. The Hall–Kier alpha value is -1.80. The van der Waals surface area contributed by atoms with Crippen LogP contribution in [-0.4, -0.2) is 33.6 Å². The van der Waals surface area contributed by atoms with Crippen molar-refractivity contribution in [2.24, 2.45) is 5.92 Å². The third-order valence-corrected chi connectivity index (χ3v) is 7.94. The first kappa shape index (κ1) is 25.8. The van der Waals surface area contributed by atoms with Crippen molar-refractivity contribution in [3.8, 4) is 5.75 Å². The van der Waals surface area contributed by atoms with Crippen molar-refractivity contribution in [3.05, 3.63) is 58.7 Å². The zero-order valence-electron chi connectivity index (χ0n) is 19.3. The fourth-order valence-corrected chi connectivity index (χ4v) is 5.06. The Morgan fingerprint density at radius 1 is 1.30 bits per heavy atom. The number of nitrogen functional groups attached to an aromatic ring is 1. The Kier molecular flexibility index (Phi) is 8.67. The minimum atomic E-state index is -1.29. The number of aromatic nitrogens is 1. The highest BCUT2D eigenvalue weighted by Gasteiger charge is 2.34. The Labute approximate surface area is 209 Å². The van der Waals surface area contributed by atoms with Crippen LogP contribution in [0.2, 0.25) is 10.0 Å². The van der Waals surface area contributed by atoms with Crippen LogP contribution in [0.15, 0.2) is 43.1 Å². The summed E-state index contributed by atoms with van der Waals surface area (Å²) in [5, 5.41) is 0.852. The second-order valence-corrected chi connectivity index (χ2v) is 12.0. The minimum absolute atomic E-state index is 0.205. The molecule has 9 heteroatoms. The Bertz CT molecular complexity index is 1000. The van der Waals surface area contributed by atoms with Crippen LogP contribution in [0.3, 0.4) is 0 Å². The molecule has 2 atom stereocenters. The van der Waals surface area contributed by atoms with Crippen LogP contribution in [0, 0.1) is 5.92 Å². The van der Waals surface area contributed by atoms with Crippen LogP contribution in [0.5, 0.6) is 5.75 Å². The van der Waals surface area contributed by atoms with E-state index in [1.807, 2.05) is 32.9 Å². The van der Waals surface area contributed by atoms with Gasteiger partial charge in [-0.15, -0.1) is 0 Å². The third kappa shape index (κ3) is 6.63. The fraction of sp³-hybridized carbons (Fsp3) is 0.458. The van der Waals surface area contributed by atoms with Gasteiger partial charge in [0.05, 0.1) is 31.8 Å². The largest absolute Gasteiger partial charge is 0.489 e. The van der Waals surface area contributed by atoms with Gasteiger partial charge < -0.3 is 15.4 Å². The van der Waals surface area contributed by atoms with Gasteiger partial charge in [-0.2, -0.15) is 0 Å². The van der Waals surface area contributed by atoms with Gasteiger partial charge in [0.2, 0.25) is 0 Å². The summed E-state index contributed by atoms with van der Waals surface area (Å²) in [7, 11) is -1.29. The van der Waals surface area contributed by atoms with Crippen LogP contribution >= 0.6 is 23.2 Å². The molecule has 0 spiro atoms. The molecule has 0 radical (unpaired) electrons. The molecule has 1 aromatic carbocycles. The van der Waals surface area contributed by atoms with Crippen molar-refractivity contribution in [2.45, 2.75) is 44.4 Å². The van der Waals surface area contributed by atoms with Crippen molar-refractivity contribution >= 4 is 45.7 Å². The standard InChI is InChI=1S/C24H32Cl2N4O2S/c1-5-12-32-21-15-20(26)19(25)14-18(21)23(29-33(31)24(2,3)4)16-7-10-30(11-8-16)22-13-17(27)6-9-28-22/h5-6,9,13-16,23,29H,1,7-8,10-12H2,2-4H3,(H2,27,28)/t23-,33?/m1/s1. The number of rotatable bonds is 8. The number of nitrogens with two attached hydrogens (primary N) is 1. The number of piperidine rings is 1. The number of halogens is 2. The SMILES string of the molecule is C=CCOc1cc(Cl)c(Cl)cc1[C@H](NS(=O)C(C)(C)C)C1CCN(c2cc(N)ccn2)CC1. The Morgan fingerprint density at radius 3 is 2.58 bits per heavy atom. The maximum absolute atomic E-state index is 13.1. The molecule has 1 aliphatic rings. The van der Waals surface area contributed by atoms with Crippen LogP contribution in [0.1, 0.15) is 45.2 Å². The molecule has 0 amide bonds. The average molecular weight is 512 g/mol. The minimum Gasteiger partial charge on any atom is -0.489 e. The first-order chi connectivity index (χ1) is 15.6. The number of hydrogen-bond donors (Lipinski definition) is 2. The van der Waals surface area contributed by atoms with Gasteiger partial charge in [0.1, 0.15) is 18.2 Å². The maximum atomic E-state index is 13.1. The maximum Gasteiger partial charge on any atom is 0.130 e. The summed E-state index contributed by atoms with van der Waals surface area (Å²) in [6.45, 7) is 11.5. The summed E-state index contributed by atoms with van der Waals surface area (Å²) in [4.78, 5) is 6.69. The number of anilines is 2. The molecule has 3 rings (SSSR count). The molecule has 33 heavy (non-hydrogen) atoms. The molecule has 1 aromatic heterocycles. The van der Waals surface area contributed by atoms with Crippen LogP contribution in [-0.2, 0) is 11.0 Å². The summed E-state index contributed by atoms with van der Waals surface area (Å²) in [5.41, 5.74) is 7.49. The van der Waals surface area contributed by atoms with Gasteiger partial charge in [0, 0.05) is 42.7 Å². The van der Waals surface area contributed by atoms with E-state index in [9.17, 15) is 4.21 Å². The quantitative estimate of drug-likeness (QED) is 0.455. The van der Waals surface area contributed by atoms with E-state index >= 15 is 0 Å². The molecule has 6 nitrogen and oxygen atoms in total. The van der Waals surface area contributed by atoms with Gasteiger partial charge >= 0.3 is 0 Å². The molecule has 3 N–H and O–H groups in total. The molecular weight excluding hydrogens is 479 g/mol. The molecule has 1 unspecified atom stereocenters. The van der Waals surface area contributed by atoms with Crippen molar-refractivity contribution < 1.29 is 8.95 Å². The van der Waals surface area contributed by atoms with Gasteiger partial charge in [-0.05, 0) is 51.7 Å². The molecule has 2 heterocycles. The highest BCUT2D eigenvalue weighted by atomic mass is 35.5. The topological polar surface area (TPSA) is 80.5 Å². The molecule has 1 fully saturated rings. The molecule has 2 aromatic rings. The number of nitrogens with one attached hydrogen (secondary N) is 1. The zero-order valence-corrected chi connectivity index (χ0v) is 21.6. The van der Waals surface area contributed by atoms with Crippen LogP contribution < -0.4 is 20.1 Å². The molecule has 1 aliphatic heterocycles. The lowest BCUT2D eigenvalue weighted by Crippen LogP contribution is -2.43. The highest BCUT2D eigenvalue weighted by Crippen LogP contribution is 2.41. The van der Waals surface area contributed by atoms with Crippen LogP contribution in [0.25, 0.3) is 0 Å². The first-order valence-corrected chi connectivity index (χ1v) is 12.9. The second-order valence-electron chi connectivity index (χ2n) is 9.15. The van der Waals surface area contributed by atoms with E-state index in [4.69, 9.17) is 33.7 Å². The summed E-state index contributed by atoms with van der Waals surface area (Å²) < 4.78 is 22.0. The van der Waals surface area contributed by atoms with E-state index in [0.29, 0.717) is 28.1 Å². The van der Waals surface area contributed by atoms with Crippen molar-refractivity contribution in [3.63, 3.8) is 0 Å². The summed E-state index contributed by atoms with van der Waals surface area (Å²) in [6.07, 6.45) is 5.15. The van der Waals surface area contributed by atoms with Gasteiger partial charge in [-0.25, -0.2) is 13.9 Å². The summed E-state index contributed by atoms with van der Waals surface area (Å²) in [5.74, 6) is 1.70. The van der Waals surface area contributed by atoms with E-state index in [0.717, 1.165) is 37.3 Å². The lowest BCUT2D eigenvalue weighted by Gasteiger charge is -2.38. The number of pyridine rings is 1. The van der Waals surface area contributed by atoms with Gasteiger partial charge in [-0.3, -0.25) is 0 Å². The number of benzene rings is 1. The lowest BCUT2D eigenvalue weighted by atomic mass is 9.85. The predicted octanol–water partition coefficient (Wildman–Crippen LogP) is 5.54. The first-order valence-electron chi connectivity index (χ1n) is 11.0. The predicted molar refractivity (Wildman–Crippen MR) is 140 cm³/mol. The molecular formula is C24H32Cl2N4O2S.